The van der Waals surface area contributed by atoms with Crippen molar-refractivity contribution in [2.24, 2.45) is 0 Å². The minimum atomic E-state index is -4.33. The highest BCUT2D eigenvalue weighted by Gasteiger charge is 2.30. The van der Waals surface area contributed by atoms with E-state index in [1.54, 1.807) is 30.3 Å². The largest absolute Gasteiger partial charge is 0.406 e. The minimum Gasteiger partial charge on any atom is -0.361 e. The van der Waals surface area contributed by atoms with Crippen molar-refractivity contribution in [3.63, 3.8) is 0 Å². The molecule has 0 fully saturated rings. The molecule has 2 heterocycles. The fourth-order valence-corrected chi connectivity index (χ4v) is 2.96. The first-order valence-electron chi connectivity index (χ1n) is 6.73. The first-order chi connectivity index (χ1) is 11.0. The van der Waals surface area contributed by atoms with E-state index in [1.807, 2.05) is 6.07 Å². The molecular formula is C15H12F3N3OS. The monoisotopic (exact) mass is 339 g/mol. The number of hydrogen-bond acceptors (Lipinski definition) is 4. The summed E-state index contributed by atoms with van der Waals surface area (Å²) in [6, 6.07) is 10.6. The van der Waals surface area contributed by atoms with Crippen LogP contribution in [0.25, 0.3) is 11.3 Å². The van der Waals surface area contributed by atoms with E-state index in [0.29, 0.717) is 22.8 Å². The predicted octanol–water partition coefficient (Wildman–Crippen LogP) is 4.39. The van der Waals surface area contributed by atoms with Gasteiger partial charge in [0.05, 0.1) is 23.8 Å². The number of benzene rings is 1. The SMILES string of the molecule is FC(F)(F)Cn1c(-c2ccccc2)cnc1SCc1ccno1. The first kappa shape index (κ1) is 15.7. The molecule has 0 spiro atoms. The van der Waals surface area contributed by atoms with E-state index in [1.165, 1.54) is 28.7 Å². The molecule has 2 aromatic heterocycles. The second-order valence-corrected chi connectivity index (χ2v) is 5.70. The van der Waals surface area contributed by atoms with Gasteiger partial charge in [0.15, 0.2) is 5.16 Å². The summed E-state index contributed by atoms with van der Waals surface area (Å²) in [5.41, 5.74) is 1.12. The molecule has 0 saturated heterocycles. The van der Waals surface area contributed by atoms with E-state index in [4.69, 9.17) is 4.52 Å². The minimum absolute atomic E-state index is 0.289. The third-order valence-electron chi connectivity index (χ3n) is 3.06. The Morgan fingerprint density at radius 3 is 2.57 bits per heavy atom. The Kier molecular flexibility index (Phi) is 4.42. The zero-order valence-corrected chi connectivity index (χ0v) is 12.6. The fourth-order valence-electron chi connectivity index (χ4n) is 2.10. The molecule has 1 aromatic carbocycles. The lowest BCUT2D eigenvalue weighted by Gasteiger charge is -2.13. The molecule has 0 amide bonds. The zero-order chi connectivity index (χ0) is 16.3. The van der Waals surface area contributed by atoms with Crippen LogP contribution in [0.5, 0.6) is 0 Å². The molecular weight excluding hydrogens is 327 g/mol. The fraction of sp³-hybridized carbons (Fsp3) is 0.200. The van der Waals surface area contributed by atoms with Crippen LogP contribution in [0.15, 0.2) is 58.5 Å². The van der Waals surface area contributed by atoms with Crippen molar-refractivity contribution < 1.29 is 17.7 Å². The molecule has 120 valence electrons. The van der Waals surface area contributed by atoms with Gasteiger partial charge in [0.25, 0.3) is 0 Å². The van der Waals surface area contributed by atoms with Crippen LogP contribution < -0.4 is 0 Å². The molecule has 0 unspecified atom stereocenters. The van der Waals surface area contributed by atoms with Crippen LogP contribution in [0.3, 0.4) is 0 Å². The van der Waals surface area contributed by atoms with Gasteiger partial charge < -0.3 is 9.09 Å². The summed E-state index contributed by atoms with van der Waals surface area (Å²) < 4.78 is 44.9. The maximum atomic E-state index is 12.9. The highest BCUT2D eigenvalue weighted by atomic mass is 32.2. The van der Waals surface area contributed by atoms with Gasteiger partial charge in [-0.1, -0.05) is 47.3 Å². The molecule has 0 aliphatic heterocycles. The molecule has 8 heteroatoms. The van der Waals surface area contributed by atoms with Crippen LogP contribution in [-0.4, -0.2) is 20.9 Å². The van der Waals surface area contributed by atoms with Crippen LogP contribution in [0, 0.1) is 0 Å². The van der Waals surface area contributed by atoms with Crippen molar-refractivity contribution in [2.75, 3.05) is 0 Å². The molecule has 0 aliphatic carbocycles. The quantitative estimate of drug-likeness (QED) is 0.647. The van der Waals surface area contributed by atoms with Crippen LogP contribution in [0.1, 0.15) is 5.76 Å². The van der Waals surface area contributed by atoms with Crippen LogP contribution in [-0.2, 0) is 12.3 Å². The van der Waals surface area contributed by atoms with Gasteiger partial charge in [0, 0.05) is 6.07 Å². The van der Waals surface area contributed by atoms with Gasteiger partial charge in [0.2, 0.25) is 0 Å². The molecule has 4 nitrogen and oxygen atoms in total. The van der Waals surface area contributed by atoms with Gasteiger partial charge in [-0.25, -0.2) is 4.98 Å². The van der Waals surface area contributed by atoms with Gasteiger partial charge >= 0.3 is 6.18 Å². The molecule has 0 aliphatic rings. The Hall–Kier alpha value is -2.22. The van der Waals surface area contributed by atoms with Crippen molar-refractivity contribution in [3.05, 3.63) is 54.6 Å². The lowest BCUT2D eigenvalue weighted by molar-refractivity contribution is -0.141. The Morgan fingerprint density at radius 1 is 1.13 bits per heavy atom. The number of rotatable bonds is 5. The highest BCUT2D eigenvalue weighted by Crippen LogP contribution is 2.31. The molecule has 0 saturated carbocycles. The van der Waals surface area contributed by atoms with E-state index >= 15 is 0 Å². The summed E-state index contributed by atoms with van der Waals surface area (Å²) in [5, 5.41) is 3.86. The molecule has 0 radical (unpaired) electrons. The Labute approximate surface area is 134 Å². The van der Waals surface area contributed by atoms with E-state index < -0.39 is 12.7 Å². The summed E-state index contributed by atoms with van der Waals surface area (Å²) in [5.74, 6) is 0.946. The smallest absolute Gasteiger partial charge is 0.361 e. The highest BCUT2D eigenvalue weighted by molar-refractivity contribution is 7.98. The number of nitrogens with zero attached hydrogens (tertiary/aromatic N) is 3. The summed E-state index contributed by atoms with van der Waals surface area (Å²) in [6.07, 6.45) is -1.37. The average Bonchev–Trinajstić information content (AvgIpc) is 3.14. The van der Waals surface area contributed by atoms with Crippen LogP contribution in [0.4, 0.5) is 13.2 Å². The Bertz CT molecular complexity index is 754. The van der Waals surface area contributed by atoms with Gasteiger partial charge in [-0.15, -0.1) is 0 Å². The van der Waals surface area contributed by atoms with E-state index in [0.717, 1.165) is 0 Å². The second-order valence-electron chi connectivity index (χ2n) is 4.76. The maximum absolute atomic E-state index is 12.9. The lowest BCUT2D eigenvalue weighted by atomic mass is 10.2. The summed E-state index contributed by atoms with van der Waals surface area (Å²) >= 11 is 1.18. The van der Waals surface area contributed by atoms with Crippen LogP contribution >= 0.6 is 11.8 Å². The van der Waals surface area contributed by atoms with Gasteiger partial charge in [-0.3, -0.25) is 0 Å². The molecule has 3 aromatic rings. The Morgan fingerprint density at radius 2 is 1.91 bits per heavy atom. The number of imidazole rings is 1. The second kappa shape index (κ2) is 6.49. The lowest BCUT2D eigenvalue weighted by Crippen LogP contribution is -2.19. The van der Waals surface area contributed by atoms with Crippen LogP contribution in [0.2, 0.25) is 0 Å². The van der Waals surface area contributed by atoms with Crippen molar-refractivity contribution in [1.82, 2.24) is 14.7 Å². The molecule has 23 heavy (non-hydrogen) atoms. The zero-order valence-electron chi connectivity index (χ0n) is 11.8. The third kappa shape index (κ3) is 3.95. The maximum Gasteiger partial charge on any atom is 0.406 e. The van der Waals surface area contributed by atoms with Crippen molar-refractivity contribution in [2.45, 2.75) is 23.6 Å². The summed E-state index contributed by atoms with van der Waals surface area (Å²) in [4.78, 5) is 4.14. The Balaban J connectivity index is 1.91. The van der Waals surface area contributed by atoms with Gasteiger partial charge in [-0.2, -0.15) is 13.2 Å². The molecule has 0 bridgehead atoms. The number of thioether (sulfide) groups is 1. The average molecular weight is 339 g/mol. The van der Waals surface area contributed by atoms with Crippen molar-refractivity contribution >= 4 is 11.8 Å². The number of hydrogen-bond donors (Lipinski definition) is 0. The number of alkyl halides is 3. The van der Waals surface area contributed by atoms with Gasteiger partial charge in [0.1, 0.15) is 12.3 Å². The van der Waals surface area contributed by atoms with E-state index in [-0.39, 0.29) is 5.16 Å². The number of aromatic nitrogens is 3. The van der Waals surface area contributed by atoms with Gasteiger partial charge in [-0.05, 0) is 5.56 Å². The van der Waals surface area contributed by atoms with E-state index in [2.05, 4.69) is 10.1 Å². The molecule has 0 atom stereocenters. The molecule has 3 rings (SSSR count). The van der Waals surface area contributed by atoms with E-state index in [9.17, 15) is 13.2 Å². The summed E-state index contributed by atoms with van der Waals surface area (Å²) in [6.45, 7) is -1.09. The molecule has 0 N–H and O–H groups in total. The van der Waals surface area contributed by atoms with Crippen molar-refractivity contribution in [3.8, 4) is 11.3 Å². The summed E-state index contributed by atoms with van der Waals surface area (Å²) in [7, 11) is 0. The topological polar surface area (TPSA) is 43.9 Å². The van der Waals surface area contributed by atoms with Crippen molar-refractivity contribution in [1.29, 1.82) is 0 Å². The predicted molar refractivity (Wildman–Crippen MR) is 79.8 cm³/mol. The normalized spacial score (nSPS) is 11.8. The standard InChI is InChI=1S/C15H12F3N3OS/c16-15(17,18)10-21-13(11-4-2-1-3-5-11)8-19-14(21)23-9-12-6-7-20-22-12/h1-8H,9-10H2. The first-order valence-corrected chi connectivity index (χ1v) is 7.71. The number of halogens is 3. The third-order valence-corrected chi connectivity index (χ3v) is 4.07.